The van der Waals surface area contributed by atoms with Crippen LogP contribution in [-0.4, -0.2) is 31.2 Å². The first kappa shape index (κ1) is 15.4. The quantitative estimate of drug-likeness (QED) is 0.525. The van der Waals surface area contributed by atoms with Crippen molar-refractivity contribution < 1.29 is 9.53 Å². The van der Waals surface area contributed by atoms with Crippen molar-refractivity contribution in [2.24, 2.45) is 5.73 Å². The Morgan fingerprint density at radius 1 is 1.28 bits per heavy atom. The number of carbonyl (C=O) groups is 1. The zero-order valence-electron chi connectivity index (χ0n) is 11.6. The fourth-order valence-corrected chi connectivity index (χ4v) is 1.93. The maximum Gasteiger partial charge on any atom is 0.236 e. The molecule has 1 unspecified atom stereocenters. The highest BCUT2D eigenvalue weighted by Gasteiger charge is 2.27. The second-order valence-corrected chi connectivity index (χ2v) is 5.24. The topological polar surface area (TPSA) is 64.3 Å². The maximum absolute atomic E-state index is 11.2. The molecule has 1 fully saturated rings. The van der Waals surface area contributed by atoms with Crippen LogP contribution >= 0.6 is 0 Å². The van der Waals surface area contributed by atoms with Crippen molar-refractivity contribution in [3.05, 3.63) is 0 Å². The van der Waals surface area contributed by atoms with Gasteiger partial charge in [0.2, 0.25) is 5.91 Å². The van der Waals surface area contributed by atoms with Gasteiger partial charge in [-0.1, -0.05) is 39.0 Å². The zero-order valence-corrected chi connectivity index (χ0v) is 11.6. The molecule has 0 saturated heterocycles. The molecule has 18 heavy (non-hydrogen) atoms. The number of hydrogen-bond donors (Lipinski definition) is 2. The number of nitrogens with one attached hydrogen (secondary N) is 1. The number of unbranched alkanes of at least 4 members (excludes halogenated alkanes) is 5. The van der Waals surface area contributed by atoms with Gasteiger partial charge < -0.3 is 15.8 Å². The number of amides is 1. The Bertz CT molecular complexity index is 230. The molecule has 1 atom stereocenters. The van der Waals surface area contributed by atoms with E-state index in [1.54, 1.807) is 0 Å². The van der Waals surface area contributed by atoms with Crippen LogP contribution in [0.3, 0.4) is 0 Å². The van der Waals surface area contributed by atoms with Gasteiger partial charge in [-0.2, -0.15) is 0 Å². The largest absolute Gasteiger partial charge is 0.379 e. The van der Waals surface area contributed by atoms with E-state index in [0.717, 1.165) is 25.9 Å². The maximum atomic E-state index is 11.2. The molecule has 1 rings (SSSR count). The molecule has 3 N–H and O–H groups in total. The minimum atomic E-state index is -0.308. The number of nitrogens with two attached hydrogens (primary N) is 1. The minimum Gasteiger partial charge on any atom is -0.379 e. The summed E-state index contributed by atoms with van der Waals surface area (Å²) < 4.78 is 5.53. The van der Waals surface area contributed by atoms with Crippen molar-refractivity contribution >= 4 is 5.91 Å². The molecular weight excluding hydrogens is 228 g/mol. The van der Waals surface area contributed by atoms with Crippen molar-refractivity contribution in [3.63, 3.8) is 0 Å². The van der Waals surface area contributed by atoms with Gasteiger partial charge in [0.1, 0.15) is 6.04 Å². The van der Waals surface area contributed by atoms with Gasteiger partial charge in [-0.05, 0) is 19.3 Å². The van der Waals surface area contributed by atoms with Crippen LogP contribution < -0.4 is 11.1 Å². The summed E-state index contributed by atoms with van der Waals surface area (Å²) in [6.07, 6.45) is 9.83. The van der Waals surface area contributed by atoms with Crippen LogP contribution in [-0.2, 0) is 9.53 Å². The van der Waals surface area contributed by atoms with E-state index >= 15 is 0 Å². The van der Waals surface area contributed by atoms with E-state index in [1.807, 2.05) is 0 Å². The summed E-state index contributed by atoms with van der Waals surface area (Å²) >= 11 is 0. The van der Waals surface area contributed by atoms with Gasteiger partial charge in [0, 0.05) is 12.6 Å². The molecule has 0 heterocycles. The Morgan fingerprint density at radius 2 is 1.94 bits per heavy atom. The highest BCUT2D eigenvalue weighted by atomic mass is 16.5. The van der Waals surface area contributed by atoms with Crippen molar-refractivity contribution in [2.75, 3.05) is 13.2 Å². The normalized spacial score (nSPS) is 16.7. The lowest BCUT2D eigenvalue weighted by atomic mass is 10.1. The molecule has 0 radical (unpaired) electrons. The van der Waals surface area contributed by atoms with E-state index in [9.17, 15) is 4.79 Å². The molecule has 0 aromatic carbocycles. The minimum absolute atomic E-state index is 0.301. The third kappa shape index (κ3) is 7.67. The molecule has 0 aromatic rings. The molecule has 1 aliphatic carbocycles. The van der Waals surface area contributed by atoms with E-state index in [-0.39, 0.29) is 11.9 Å². The molecule has 106 valence electrons. The molecule has 0 aliphatic heterocycles. The summed E-state index contributed by atoms with van der Waals surface area (Å²) in [4.78, 5) is 11.2. The second-order valence-electron chi connectivity index (χ2n) is 5.24. The third-order valence-electron chi connectivity index (χ3n) is 3.28. The number of rotatable bonds is 12. The predicted octanol–water partition coefficient (Wildman–Crippen LogP) is 1.97. The lowest BCUT2D eigenvalue weighted by Crippen LogP contribution is -2.45. The van der Waals surface area contributed by atoms with Crippen LogP contribution in [0.2, 0.25) is 0 Å². The van der Waals surface area contributed by atoms with E-state index in [2.05, 4.69) is 12.2 Å². The molecule has 4 heteroatoms. The van der Waals surface area contributed by atoms with Gasteiger partial charge >= 0.3 is 0 Å². The second kappa shape index (κ2) is 9.34. The molecule has 0 spiro atoms. The molecule has 1 amide bonds. The van der Waals surface area contributed by atoms with Crippen LogP contribution in [0.1, 0.15) is 58.3 Å². The molecule has 1 saturated carbocycles. The summed E-state index contributed by atoms with van der Waals surface area (Å²) in [5.74, 6) is -0.301. The van der Waals surface area contributed by atoms with Gasteiger partial charge in [-0.25, -0.2) is 0 Å². The average molecular weight is 256 g/mol. The highest BCUT2D eigenvalue weighted by molar-refractivity contribution is 5.80. The summed E-state index contributed by atoms with van der Waals surface area (Å²) in [7, 11) is 0. The standard InChI is InChI=1S/C14H28N2O2/c1-2-3-4-5-6-7-10-18-11-13(14(15)17)16-12-8-9-12/h12-13,16H,2-11H2,1H3,(H2,15,17). The van der Waals surface area contributed by atoms with Crippen LogP contribution in [0.4, 0.5) is 0 Å². The van der Waals surface area contributed by atoms with E-state index in [4.69, 9.17) is 10.5 Å². The summed E-state index contributed by atoms with van der Waals surface area (Å²) in [6.45, 7) is 3.38. The Balaban J connectivity index is 1.92. The van der Waals surface area contributed by atoms with Crippen LogP contribution in [0, 0.1) is 0 Å². The molecular formula is C14H28N2O2. The molecule has 1 aliphatic rings. The van der Waals surface area contributed by atoms with Gasteiger partial charge in [0.25, 0.3) is 0 Å². The van der Waals surface area contributed by atoms with Crippen molar-refractivity contribution in [3.8, 4) is 0 Å². The lowest BCUT2D eigenvalue weighted by Gasteiger charge is -2.15. The van der Waals surface area contributed by atoms with Gasteiger partial charge in [-0.3, -0.25) is 4.79 Å². The Hall–Kier alpha value is -0.610. The summed E-state index contributed by atoms with van der Waals surface area (Å²) in [6, 6.07) is 0.178. The first-order valence-corrected chi connectivity index (χ1v) is 7.37. The number of carbonyl (C=O) groups excluding carboxylic acids is 1. The van der Waals surface area contributed by atoms with E-state index in [0.29, 0.717) is 12.6 Å². The fourth-order valence-electron chi connectivity index (χ4n) is 1.93. The lowest BCUT2D eigenvalue weighted by molar-refractivity contribution is -0.121. The zero-order chi connectivity index (χ0) is 13.2. The average Bonchev–Trinajstić information content (AvgIpc) is 3.14. The first-order chi connectivity index (χ1) is 8.74. The summed E-state index contributed by atoms with van der Waals surface area (Å²) in [5, 5.41) is 3.21. The summed E-state index contributed by atoms with van der Waals surface area (Å²) in [5.41, 5.74) is 5.33. The monoisotopic (exact) mass is 256 g/mol. The van der Waals surface area contributed by atoms with Crippen molar-refractivity contribution in [1.82, 2.24) is 5.32 Å². The smallest absolute Gasteiger partial charge is 0.236 e. The molecule has 0 aromatic heterocycles. The van der Waals surface area contributed by atoms with Crippen molar-refractivity contribution in [1.29, 1.82) is 0 Å². The molecule has 0 bridgehead atoms. The Kier molecular flexibility index (Phi) is 8.01. The Morgan fingerprint density at radius 3 is 2.56 bits per heavy atom. The van der Waals surface area contributed by atoms with E-state index < -0.39 is 0 Å². The number of hydrogen-bond acceptors (Lipinski definition) is 3. The van der Waals surface area contributed by atoms with Gasteiger partial charge in [-0.15, -0.1) is 0 Å². The van der Waals surface area contributed by atoms with Gasteiger partial charge in [0.15, 0.2) is 0 Å². The fraction of sp³-hybridized carbons (Fsp3) is 0.929. The van der Waals surface area contributed by atoms with Gasteiger partial charge in [0.05, 0.1) is 6.61 Å². The van der Waals surface area contributed by atoms with Crippen LogP contribution in [0.25, 0.3) is 0 Å². The van der Waals surface area contributed by atoms with E-state index in [1.165, 1.54) is 32.1 Å². The van der Waals surface area contributed by atoms with Crippen molar-refractivity contribution in [2.45, 2.75) is 70.4 Å². The third-order valence-corrected chi connectivity index (χ3v) is 3.28. The predicted molar refractivity (Wildman–Crippen MR) is 73.3 cm³/mol. The first-order valence-electron chi connectivity index (χ1n) is 7.37. The van der Waals surface area contributed by atoms with Crippen LogP contribution in [0.15, 0.2) is 0 Å². The molecule has 4 nitrogen and oxygen atoms in total. The number of primary amides is 1. The van der Waals surface area contributed by atoms with Crippen LogP contribution in [0.5, 0.6) is 0 Å². The number of ether oxygens (including phenoxy) is 1. The highest BCUT2D eigenvalue weighted by Crippen LogP contribution is 2.19. The SMILES string of the molecule is CCCCCCCCOCC(NC1CC1)C(N)=O. The Labute approximate surface area is 111 Å².